The quantitative estimate of drug-likeness (QED) is 0.781. The van der Waals surface area contributed by atoms with E-state index in [0.717, 1.165) is 31.6 Å². The summed E-state index contributed by atoms with van der Waals surface area (Å²) in [5.41, 5.74) is 1.31. The Labute approximate surface area is 134 Å². The Morgan fingerprint density at radius 3 is 2.73 bits per heavy atom. The van der Waals surface area contributed by atoms with Crippen LogP contribution >= 0.6 is 0 Å². The van der Waals surface area contributed by atoms with Crippen LogP contribution in [0.1, 0.15) is 63.9 Å². The third-order valence-corrected chi connectivity index (χ3v) is 4.74. The Morgan fingerprint density at radius 1 is 1.27 bits per heavy atom. The second kappa shape index (κ2) is 8.21. The molecule has 1 aliphatic rings. The van der Waals surface area contributed by atoms with E-state index in [1.807, 2.05) is 13.0 Å². The van der Waals surface area contributed by atoms with Gasteiger partial charge in [-0.2, -0.15) is 0 Å². The molecule has 1 saturated carbocycles. The van der Waals surface area contributed by atoms with Crippen LogP contribution in [0.4, 0.5) is 0 Å². The molecule has 0 unspecified atom stereocenters. The van der Waals surface area contributed by atoms with Crippen molar-refractivity contribution in [1.29, 1.82) is 0 Å². The van der Waals surface area contributed by atoms with Gasteiger partial charge in [-0.25, -0.2) is 0 Å². The van der Waals surface area contributed by atoms with E-state index >= 15 is 0 Å². The van der Waals surface area contributed by atoms with Crippen molar-refractivity contribution in [2.75, 3.05) is 13.7 Å². The molecular formula is C19H29NO2. The lowest BCUT2D eigenvalue weighted by molar-refractivity contribution is -0.134. The molecule has 0 radical (unpaired) electrons. The molecule has 0 bridgehead atoms. The second-order valence-electron chi connectivity index (χ2n) is 6.18. The number of benzene rings is 1. The Bertz CT molecular complexity index is 486. The Kier molecular flexibility index (Phi) is 6.29. The highest BCUT2D eigenvalue weighted by molar-refractivity contribution is 5.76. The van der Waals surface area contributed by atoms with Gasteiger partial charge < -0.3 is 9.64 Å². The summed E-state index contributed by atoms with van der Waals surface area (Å²) < 4.78 is 5.38. The highest BCUT2D eigenvalue weighted by Crippen LogP contribution is 2.37. The first-order valence-corrected chi connectivity index (χ1v) is 8.64. The van der Waals surface area contributed by atoms with Crippen LogP contribution in [-0.4, -0.2) is 30.5 Å². The van der Waals surface area contributed by atoms with Gasteiger partial charge in [-0.1, -0.05) is 38.8 Å². The maximum absolute atomic E-state index is 12.4. The monoisotopic (exact) mass is 303 g/mol. The van der Waals surface area contributed by atoms with E-state index in [9.17, 15) is 4.79 Å². The molecule has 0 saturated heterocycles. The van der Waals surface area contributed by atoms with Crippen molar-refractivity contribution in [3.63, 3.8) is 0 Å². The van der Waals surface area contributed by atoms with Gasteiger partial charge in [0.25, 0.3) is 0 Å². The number of rotatable bonds is 6. The van der Waals surface area contributed by atoms with Crippen molar-refractivity contribution in [3.8, 4) is 5.75 Å². The molecule has 2 rings (SSSR count). The first kappa shape index (κ1) is 16.9. The summed E-state index contributed by atoms with van der Waals surface area (Å²) in [7, 11) is 1.71. The average Bonchev–Trinajstić information content (AvgIpc) is 2.59. The molecule has 3 heteroatoms. The standard InChI is InChI=1S/C19H29NO2/c1-4-13-20(19(21)5-2)18-12-7-6-11-17(18)15-9-8-10-16(14-15)22-3/h8-10,14,17-18H,4-7,11-13H2,1-3H3/t17-,18-/m1/s1. The zero-order valence-electron chi connectivity index (χ0n) is 14.2. The molecule has 0 aromatic heterocycles. The van der Waals surface area contributed by atoms with E-state index in [2.05, 4.69) is 30.0 Å². The molecule has 1 amide bonds. The Morgan fingerprint density at radius 2 is 2.05 bits per heavy atom. The molecule has 2 atom stereocenters. The number of carbonyl (C=O) groups excluding carboxylic acids is 1. The van der Waals surface area contributed by atoms with Crippen molar-refractivity contribution >= 4 is 5.91 Å². The average molecular weight is 303 g/mol. The van der Waals surface area contributed by atoms with E-state index in [-0.39, 0.29) is 0 Å². The van der Waals surface area contributed by atoms with E-state index in [4.69, 9.17) is 4.74 Å². The molecule has 122 valence electrons. The first-order chi connectivity index (χ1) is 10.7. The molecule has 1 aromatic carbocycles. The van der Waals surface area contributed by atoms with Crippen molar-refractivity contribution in [2.45, 2.75) is 64.3 Å². The van der Waals surface area contributed by atoms with Gasteiger partial charge in [0, 0.05) is 24.9 Å². The molecule has 0 aliphatic heterocycles. The number of nitrogens with zero attached hydrogens (tertiary/aromatic N) is 1. The van der Waals surface area contributed by atoms with Gasteiger partial charge in [-0.05, 0) is 37.0 Å². The van der Waals surface area contributed by atoms with Gasteiger partial charge in [-0.3, -0.25) is 4.79 Å². The molecule has 22 heavy (non-hydrogen) atoms. The summed E-state index contributed by atoms with van der Waals surface area (Å²) in [6.45, 7) is 4.99. The highest BCUT2D eigenvalue weighted by Gasteiger charge is 2.32. The predicted molar refractivity (Wildman–Crippen MR) is 90.3 cm³/mol. The van der Waals surface area contributed by atoms with Crippen LogP contribution in [0.3, 0.4) is 0 Å². The SMILES string of the molecule is CCCN(C(=O)CC)[C@@H]1CCCC[C@@H]1c1cccc(OC)c1. The second-order valence-corrected chi connectivity index (χ2v) is 6.18. The predicted octanol–water partition coefficient (Wildman–Crippen LogP) is 4.37. The Hall–Kier alpha value is -1.51. The van der Waals surface area contributed by atoms with Crippen LogP contribution in [0, 0.1) is 0 Å². The van der Waals surface area contributed by atoms with Crippen molar-refractivity contribution in [3.05, 3.63) is 29.8 Å². The largest absolute Gasteiger partial charge is 0.497 e. The number of methoxy groups -OCH3 is 1. The minimum Gasteiger partial charge on any atom is -0.497 e. The van der Waals surface area contributed by atoms with Crippen molar-refractivity contribution < 1.29 is 9.53 Å². The third-order valence-electron chi connectivity index (χ3n) is 4.74. The zero-order valence-corrected chi connectivity index (χ0v) is 14.2. The number of hydrogen-bond donors (Lipinski definition) is 0. The summed E-state index contributed by atoms with van der Waals surface area (Å²) in [5, 5.41) is 0. The minimum atomic E-state index is 0.293. The smallest absolute Gasteiger partial charge is 0.222 e. The molecule has 1 aromatic rings. The molecule has 0 heterocycles. The lowest BCUT2D eigenvalue weighted by Gasteiger charge is -2.40. The molecule has 1 aliphatic carbocycles. The lowest BCUT2D eigenvalue weighted by atomic mass is 9.79. The normalized spacial score (nSPS) is 21.4. The van der Waals surface area contributed by atoms with Gasteiger partial charge in [-0.15, -0.1) is 0 Å². The van der Waals surface area contributed by atoms with Crippen LogP contribution in [-0.2, 0) is 4.79 Å². The number of carbonyl (C=O) groups is 1. The third kappa shape index (κ3) is 3.82. The van der Waals surface area contributed by atoms with Crippen LogP contribution < -0.4 is 4.74 Å². The summed E-state index contributed by atoms with van der Waals surface area (Å²) >= 11 is 0. The van der Waals surface area contributed by atoms with E-state index in [1.54, 1.807) is 7.11 Å². The number of hydrogen-bond acceptors (Lipinski definition) is 2. The van der Waals surface area contributed by atoms with Gasteiger partial charge in [0.15, 0.2) is 0 Å². The topological polar surface area (TPSA) is 29.5 Å². The van der Waals surface area contributed by atoms with Gasteiger partial charge in [0.05, 0.1) is 7.11 Å². The van der Waals surface area contributed by atoms with Gasteiger partial charge >= 0.3 is 0 Å². The van der Waals surface area contributed by atoms with Gasteiger partial charge in [0.2, 0.25) is 5.91 Å². The molecule has 3 nitrogen and oxygen atoms in total. The van der Waals surface area contributed by atoms with Crippen LogP contribution in [0.25, 0.3) is 0 Å². The minimum absolute atomic E-state index is 0.293. The lowest BCUT2D eigenvalue weighted by Crippen LogP contribution is -2.45. The maximum Gasteiger partial charge on any atom is 0.222 e. The summed E-state index contributed by atoms with van der Waals surface area (Å²) in [6, 6.07) is 8.72. The van der Waals surface area contributed by atoms with Crippen molar-refractivity contribution in [1.82, 2.24) is 4.90 Å². The molecule has 0 spiro atoms. The fourth-order valence-electron chi connectivity index (χ4n) is 3.66. The first-order valence-electron chi connectivity index (χ1n) is 8.64. The summed E-state index contributed by atoms with van der Waals surface area (Å²) in [6.07, 6.45) is 6.37. The summed E-state index contributed by atoms with van der Waals surface area (Å²) in [5.74, 6) is 1.64. The van der Waals surface area contributed by atoms with E-state index < -0.39 is 0 Å². The Balaban J connectivity index is 2.27. The van der Waals surface area contributed by atoms with Crippen LogP contribution in [0.5, 0.6) is 5.75 Å². The summed E-state index contributed by atoms with van der Waals surface area (Å²) in [4.78, 5) is 14.5. The molecular weight excluding hydrogens is 274 g/mol. The van der Waals surface area contributed by atoms with E-state index in [1.165, 1.54) is 18.4 Å². The fraction of sp³-hybridized carbons (Fsp3) is 0.632. The molecule has 1 fully saturated rings. The van der Waals surface area contributed by atoms with E-state index in [0.29, 0.717) is 24.3 Å². The number of ether oxygens (including phenoxy) is 1. The fourth-order valence-corrected chi connectivity index (χ4v) is 3.66. The zero-order chi connectivity index (χ0) is 15.9. The van der Waals surface area contributed by atoms with Crippen molar-refractivity contribution in [2.24, 2.45) is 0 Å². The maximum atomic E-state index is 12.4. The highest BCUT2D eigenvalue weighted by atomic mass is 16.5. The molecule has 0 N–H and O–H groups in total. The van der Waals surface area contributed by atoms with Crippen LogP contribution in [0.2, 0.25) is 0 Å². The number of amides is 1. The van der Waals surface area contributed by atoms with Gasteiger partial charge in [0.1, 0.15) is 5.75 Å². The van der Waals surface area contributed by atoms with Crippen LogP contribution in [0.15, 0.2) is 24.3 Å².